The lowest BCUT2D eigenvalue weighted by molar-refractivity contribution is 0.0587. The van der Waals surface area contributed by atoms with Gasteiger partial charge in [-0.05, 0) is 6.42 Å². The third kappa shape index (κ3) is 3.83. The van der Waals surface area contributed by atoms with Crippen molar-refractivity contribution in [3.63, 3.8) is 0 Å². The van der Waals surface area contributed by atoms with E-state index >= 15 is 0 Å². The Hall–Kier alpha value is -1.67. The number of nitrogens with zero attached hydrogens (tertiary/aromatic N) is 2. The number of hydrogen-bond donors (Lipinski definition) is 4. The second-order valence-electron chi connectivity index (χ2n) is 3.20. The zero-order valence-corrected chi connectivity index (χ0v) is 8.93. The molecule has 1 heterocycles. The van der Waals surface area contributed by atoms with Gasteiger partial charge in [0.25, 0.3) is 5.91 Å². The molecule has 0 aromatic carbocycles. The molecule has 8 nitrogen and oxygen atoms in total. The van der Waals surface area contributed by atoms with Gasteiger partial charge in [-0.2, -0.15) is 4.98 Å². The number of hydrogen-bond acceptors (Lipinski definition) is 6. The van der Waals surface area contributed by atoms with Crippen molar-refractivity contribution in [2.75, 3.05) is 26.0 Å². The van der Waals surface area contributed by atoms with Gasteiger partial charge in [0.15, 0.2) is 0 Å². The summed E-state index contributed by atoms with van der Waals surface area (Å²) in [6.07, 6.45) is -0.187. The van der Waals surface area contributed by atoms with E-state index in [1.54, 1.807) is 0 Å². The van der Waals surface area contributed by atoms with Gasteiger partial charge in [-0.15, -0.1) is 5.10 Å². The molecule has 0 bridgehead atoms. The molecule has 0 aliphatic rings. The number of aliphatic hydroxyl groups excluding tert-OH is 1. The van der Waals surface area contributed by atoms with E-state index in [0.717, 1.165) is 0 Å². The van der Waals surface area contributed by atoms with Crippen LogP contribution in [0, 0.1) is 0 Å². The van der Waals surface area contributed by atoms with E-state index in [4.69, 9.17) is 10.5 Å². The maximum Gasteiger partial charge on any atom is 0.288 e. The lowest BCUT2D eigenvalue weighted by Crippen LogP contribution is -2.29. The topological polar surface area (TPSA) is 126 Å². The Morgan fingerprint density at radius 1 is 1.75 bits per heavy atom. The van der Waals surface area contributed by atoms with Crippen LogP contribution in [0.25, 0.3) is 0 Å². The Morgan fingerprint density at radius 2 is 2.50 bits per heavy atom. The van der Waals surface area contributed by atoms with Crippen LogP contribution in [0.5, 0.6) is 0 Å². The van der Waals surface area contributed by atoms with Crippen LogP contribution in [0.2, 0.25) is 0 Å². The summed E-state index contributed by atoms with van der Waals surface area (Å²) in [6, 6.07) is 0. The first-order chi connectivity index (χ1) is 7.63. The minimum atomic E-state index is -0.593. The molecular formula is C8H15N5O3. The first kappa shape index (κ1) is 12.4. The van der Waals surface area contributed by atoms with E-state index in [0.29, 0.717) is 13.0 Å². The number of nitrogens with two attached hydrogens (primary N) is 1. The number of aliphatic hydroxyl groups is 1. The minimum absolute atomic E-state index is 0.0181. The van der Waals surface area contributed by atoms with Crippen molar-refractivity contribution < 1.29 is 14.6 Å². The number of ether oxygens (including phenoxy) is 1. The highest BCUT2D eigenvalue weighted by Crippen LogP contribution is 1.94. The zero-order valence-electron chi connectivity index (χ0n) is 8.93. The third-order valence-corrected chi connectivity index (χ3v) is 1.84. The monoisotopic (exact) mass is 229 g/mol. The summed E-state index contributed by atoms with van der Waals surface area (Å²) in [5, 5.41) is 17.8. The van der Waals surface area contributed by atoms with E-state index in [9.17, 15) is 9.90 Å². The number of rotatable bonds is 6. The van der Waals surface area contributed by atoms with Gasteiger partial charge >= 0.3 is 0 Å². The molecule has 8 heteroatoms. The third-order valence-electron chi connectivity index (χ3n) is 1.84. The summed E-state index contributed by atoms with van der Waals surface area (Å²) in [6.45, 7) is 0.565. The Balaban J connectivity index is 2.25. The number of carbonyl (C=O) groups excluding carboxylic acids is 1. The molecule has 0 radical (unpaired) electrons. The highest BCUT2D eigenvalue weighted by molar-refractivity contribution is 5.90. The smallest absolute Gasteiger partial charge is 0.288 e. The molecule has 1 aromatic rings. The maximum atomic E-state index is 11.4. The van der Waals surface area contributed by atoms with Crippen molar-refractivity contribution in [1.29, 1.82) is 0 Å². The van der Waals surface area contributed by atoms with Crippen LogP contribution in [-0.4, -0.2) is 52.6 Å². The van der Waals surface area contributed by atoms with E-state index in [-0.39, 0.29) is 18.4 Å². The van der Waals surface area contributed by atoms with Crippen molar-refractivity contribution in [3.05, 3.63) is 5.82 Å². The van der Waals surface area contributed by atoms with Gasteiger partial charge in [0, 0.05) is 13.7 Å². The molecule has 1 atom stereocenters. The Kier molecular flexibility index (Phi) is 4.67. The molecule has 5 N–H and O–H groups in total. The van der Waals surface area contributed by atoms with Crippen molar-refractivity contribution in [2.45, 2.75) is 12.5 Å². The standard InChI is InChI=1S/C8H15N5O3/c1-16-4-5(14)2-3-10-7(15)6-11-8(9)13-12-6/h5,14H,2-4H2,1H3,(H,10,15)(H3,9,11,12,13). The van der Waals surface area contributed by atoms with Crippen molar-refractivity contribution in [3.8, 4) is 0 Å². The lowest BCUT2D eigenvalue weighted by Gasteiger charge is -2.08. The average Bonchev–Trinajstić information content (AvgIpc) is 2.65. The second-order valence-corrected chi connectivity index (χ2v) is 3.20. The molecule has 1 rings (SSSR count). The second kappa shape index (κ2) is 6.03. The fraction of sp³-hybridized carbons (Fsp3) is 0.625. The maximum absolute atomic E-state index is 11.4. The Morgan fingerprint density at radius 3 is 3.06 bits per heavy atom. The number of nitrogens with one attached hydrogen (secondary N) is 2. The van der Waals surface area contributed by atoms with Crippen molar-refractivity contribution in [1.82, 2.24) is 20.5 Å². The molecule has 0 fully saturated rings. The normalized spacial score (nSPS) is 12.4. The quantitative estimate of drug-likeness (QED) is 0.471. The molecule has 1 unspecified atom stereocenters. The zero-order chi connectivity index (χ0) is 12.0. The summed E-state index contributed by atoms with van der Waals surface area (Å²) in [4.78, 5) is 15.0. The predicted molar refractivity (Wildman–Crippen MR) is 55.6 cm³/mol. The largest absolute Gasteiger partial charge is 0.391 e. The van der Waals surface area contributed by atoms with Gasteiger partial charge < -0.3 is 20.9 Å². The molecule has 1 aromatic heterocycles. The molecule has 1 amide bonds. The molecule has 16 heavy (non-hydrogen) atoms. The number of amides is 1. The number of H-pyrrole nitrogens is 1. The predicted octanol–water partition coefficient (Wildman–Crippen LogP) is -1.49. The molecular weight excluding hydrogens is 214 g/mol. The van der Waals surface area contributed by atoms with Crippen LogP contribution < -0.4 is 11.1 Å². The lowest BCUT2D eigenvalue weighted by atomic mass is 10.2. The van der Waals surface area contributed by atoms with E-state index in [2.05, 4.69) is 20.5 Å². The van der Waals surface area contributed by atoms with Gasteiger partial charge in [0.2, 0.25) is 11.8 Å². The summed E-state index contributed by atoms with van der Waals surface area (Å²) in [5.74, 6) is -0.336. The number of carbonyl (C=O) groups is 1. The summed E-state index contributed by atoms with van der Waals surface area (Å²) >= 11 is 0. The molecule has 0 saturated heterocycles. The number of aromatic amines is 1. The van der Waals surface area contributed by atoms with E-state index in [1.165, 1.54) is 7.11 Å². The first-order valence-corrected chi connectivity index (χ1v) is 4.76. The van der Waals surface area contributed by atoms with Crippen LogP contribution in [-0.2, 0) is 4.74 Å². The highest BCUT2D eigenvalue weighted by Gasteiger charge is 2.10. The minimum Gasteiger partial charge on any atom is -0.391 e. The molecule has 0 saturated carbocycles. The number of anilines is 1. The average molecular weight is 229 g/mol. The fourth-order valence-corrected chi connectivity index (χ4v) is 1.09. The van der Waals surface area contributed by atoms with E-state index in [1.807, 2.05) is 0 Å². The fourth-order valence-electron chi connectivity index (χ4n) is 1.09. The molecule has 0 spiro atoms. The highest BCUT2D eigenvalue weighted by atomic mass is 16.5. The Bertz CT molecular complexity index is 340. The number of methoxy groups -OCH3 is 1. The van der Waals surface area contributed by atoms with Gasteiger partial charge in [-0.25, -0.2) is 0 Å². The van der Waals surface area contributed by atoms with Crippen molar-refractivity contribution >= 4 is 11.9 Å². The summed E-state index contributed by atoms with van der Waals surface area (Å²) in [7, 11) is 1.50. The van der Waals surface area contributed by atoms with Crippen LogP contribution in [0.15, 0.2) is 0 Å². The number of aromatic nitrogens is 3. The van der Waals surface area contributed by atoms with Gasteiger partial charge in [-0.1, -0.05) is 0 Å². The van der Waals surface area contributed by atoms with Crippen LogP contribution in [0.1, 0.15) is 17.0 Å². The van der Waals surface area contributed by atoms with Crippen molar-refractivity contribution in [2.24, 2.45) is 0 Å². The van der Waals surface area contributed by atoms with Crippen LogP contribution in [0.3, 0.4) is 0 Å². The Labute approximate surface area is 92.2 Å². The molecule has 0 aliphatic heterocycles. The first-order valence-electron chi connectivity index (χ1n) is 4.76. The van der Waals surface area contributed by atoms with Gasteiger partial charge in [-0.3, -0.25) is 9.89 Å². The summed E-state index contributed by atoms with van der Waals surface area (Å²) in [5.41, 5.74) is 5.24. The van der Waals surface area contributed by atoms with Crippen LogP contribution in [0.4, 0.5) is 5.95 Å². The summed E-state index contributed by atoms with van der Waals surface area (Å²) < 4.78 is 4.74. The number of nitrogen functional groups attached to an aromatic ring is 1. The van der Waals surface area contributed by atoms with Gasteiger partial charge in [0.05, 0.1) is 12.7 Å². The van der Waals surface area contributed by atoms with Crippen LogP contribution >= 0.6 is 0 Å². The molecule has 90 valence electrons. The SMILES string of the molecule is COCC(O)CCNC(=O)c1nc(N)n[nH]1. The molecule has 0 aliphatic carbocycles. The van der Waals surface area contributed by atoms with E-state index < -0.39 is 12.0 Å². The van der Waals surface area contributed by atoms with Gasteiger partial charge in [0.1, 0.15) is 0 Å².